The topological polar surface area (TPSA) is 69.7 Å². The lowest BCUT2D eigenvalue weighted by molar-refractivity contribution is -0.117. The quantitative estimate of drug-likeness (QED) is 0.648. The maximum atomic E-state index is 12.7. The number of rotatable bonds is 9. The maximum absolute atomic E-state index is 12.7. The lowest BCUT2D eigenvalue weighted by atomic mass is 10.2. The van der Waals surface area contributed by atoms with Gasteiger partial charge in [-0.05, 0) is 49.4 Å². The molecule has 0 bridgehead atoms. The Kier molecular flexibility index (Phi) is 8.22. The Morgan fingerprint density at radius 2 is 1.69 bits per heavy atom. The highest BCUT2D eigenvalue weighted by Gasteiger charge is 2.22. The summed E-state index contributed by atoms with van der Waals surface area (Å²) in [7, 11) is -1.73. The summed E-state index contributed by atoms with van der Waals surface area (Å²) in [6, 6.07) is 12.3. The van der Waals surface area contributed by atoms with Gasteiger partial charge in [0.15, 0.2) is 0 Å². The molecule has 2 aromatic carbocycles. The third kappa shape index (κ3) is 6.27. The second-order valence-corrected chi connectivity index (χ2v) is 9.29. The summed E-state index contributed by atoms with van der Waals surface area (Å²) >= 11 is 5.90. The molecule has 0 aromatic heterocycles. The van der Waals surface area contributed by atoms with Gasteiger partial charge in [0.25, 0.3) is 0 Å². The van der Waals surface area contributed by atoms with Gasteiger partial charge in [-0.2, -0.15) is 4.31 Å². The monoisotopic (exact) mass is 437 g/mol. The Hall–Kier alpha value is -1.93. The summed E-state index contributed by atoms with van der Waals surface area (Å²) in [5.41, 5.74) is 2.36. The van der Waals surface area contributed by atoms with Crippen LogP contribution in [0.15, 0.2) is 47.4 Å². The van der Waals surface area contributed by atoms with Crippen molar-refractivity contribution in [3.63, 3.8) is 0 Å². The van der Waals surface area contributed by atoms with Crippen LogP contribution in [0.3, 0.4) is 0 Å². The Balaban J connectivity index is 2.08. The van der Waals surface area contributed by atoms with Gasteiger partial charge in [0, 0.05) is 30.3 Å². The van der Waals surface area contributed by atoms with Crippen molar-refractivity contribution in [3.05, 3.63) is 58.6 Å². The molecule has 0 aliphatic heterocycles. The molecule has 1 amide bonds. The van der Waals surface area contributed by atoms with Gasteiger partial charge in [-0.3, -0.25) is 9.69 Å². The molecule has 0 unspecified atom stereocenters. The Morgan fingerprint density at radius 1 is 1.07 bits per heavy atom. The first-order valence-corrected chi connectivity index (χ1v) is 11.3. The number of aryl methyl sites for hydroxylation is 1. The van der Waals surface area contributed by atoms with Gasteiger partial charge >= 0.3 is 0 Å². The number of hydrogen-bond acceptors (Lipinski definition) is 4. The second-order valence-electron chi connectivity index (χ2n) is 6.91. The van der Waals surface area contributed by atoms with E-state index in [2.05, 4.69) is 5.32 Å². The van der Waals surface area contributed by atoms with Gasteiger partial charge in [-0.15, -0.1) is 0 Å². The largest absolute Gasteiger partial charge is 0.325 e. The predicted molar refractivity (Wildman–Crippen MR) is 118 cm³/mol. The fourth-order valence-electron chi connectivity index (χ4n) is 3.00. The summed E-state index contributed by atoms with van der Waals surface area (Å²) in [6.07, 6.45) is 0. The molecule has 2 rings (SSSR count). The summed E-state index contributed by atoms with van der Waals surface area (Å²) in [6.45, 7) is 6.99. The Morgan fingerprint density at radius 3 is 2.28 bits per heavy atom. The van der Waals surface area contributed by atoms with Gasteiger partial charge in [-0.1, -0.05) is 43.6 Å². The average molecular weight is 438 g/mol. The van der Waals surface area contributed by atoms with Crippen LogP contribution >= 0.6 is 11.6 Å². The number of likely N-dealkylation sites (N-methyl/N-ethyl adjacent to an activating group) is 1. The molecule has 158 valence electrons. The number of amides is 1. The van der Waals surface area contributed by atoms with Gasteiger partial charge in [0.05, 0.1) is 11.4 Å². The molecule has 0 radical (unpaired) electrons. The molecule has 0 fully saturated rings. The smallest absolute Gasteiger partial charge is 0.243 e. The lowest BCUT2D eigenvalue weighted by Crippen LogP contribution is -2.31. The number of carbonyl (C=O) groups is 1. The van der Waals surface area contributed by atoms with Crippen LogP contribution in [0.4, 0.5) is 5.69 Å². The van der Waals surface area contributed by atoms with Crippen molar-refractivity contribution in [2.24, 2.45) is 0 Å². The van der Waals surface area contributed by atoms with E-state index in [9.17, 15) is 13.2 Å². The first kappa shape index (κ1) is 23.3. The molecule has 0 atom stereocenters. The molecule has 0 heterocycles. The summed E-state index contributed by atoms with van der Waals surface area (Å²) in [5.74, 6) is -0.207. The lowest BCUT2D eigenvalue weighted by Gasteiger charge is -2.20. The van der Waals surface area contributed by atoms with Gasteiger partial charge in [0.2, 0.25) is 15.9 Å². The minimum atomic E-state index is -3.58. The van der Waals surface area contributed by atoms with Crippen molar-refractivity contribution in [1.29, 1.82) is 0 Å². The fourth-order valence-corrected chi connectivity index (χ4v) is 4.61. The summed E-state index contributed by atoms with van der Waals surface area (Å²) in [5, 5.41) is 3.51. The van der Waals surface area contributed by atoms with E-state index in [-0.39, 0.29) is 17.3 Å². The van der Waals surface area contributed by atoms with Crippen molar-refractivity contribution in [3.8, 4) is 0 Å². The van der Waals surface area contributed by atoms with Crippen LogP contribution in [0.5, 0.6) is 0 Å². The number of nitrogens with one attached hydrogen (secondary N) is 1. The highest BCUT2D eigenvalue weighted by atomic mass is 35.5. The van der Waals surface area contributed by atoms with E-state index in [1.807, 2.05) is 43.1 Å². The van der Waals surface area contributed by atoms with Crippen LogP contribution in [0.1, 0.15) is 25.0 Å². The standard InChI is InChI=1S/C21H28ClN3O3S/c1-5-25(6-2)29(27,28)19-12-7-16(3)20(13-19)23-21(26)15-24(4)14-17-8-10-18(22)11-9-17/h7-13H,5-6,14-15H2,1-4H3,(H,23,26). The minimum Gasteiger partial charge on any atom is -0.325 e. The number of carbonyl (C=O) groups excluding carboxylic acids is 1. The zero-order valence-corrected chi connectivity index (χ0v) is 18.8. The first-order chi connectivity index (χ1) is 13.7. The number of hydrogen-bond donors (Lipinski definition) is 1. The van der Waals surface area contributed by atoms with Crippen molar-refractivity contribution < 1.29 is 13.2 Å². The van der Waals surface area contributed by atoms with Crippen LogP contribution < -0.4 is 5.32 Å². The van der Waals surface area contributed by atoms with E-state index in [0.717, 1.165) is 11.1 Å². The van der Waals surface area contributed by atoms with Crippen molar-refractivity contribution in [2.75, 3.05) is 32.0 Å². The molecule has 0 spiro atoms. The van der Waals surface area contributed by atoms with Gasteiger partial charge in [-0.25, -0.2) is 8.42 Å². The van der Waals surface area contributed by atoms with E-state index in [1.165, 1.54) is 10.4 Å². The molecular formula is C21H28ClN3O3S. The molecule has 29 heavy (non-hydrogen) atoms. The third-order valence-electron chi connectivity index (χ3n) is 4.61. The SMILES string of the molecule is CCN(CC)S(=O)(=O)c1ccc(C)c(NC(=O)CN(C)Cc2ccc(Cl)cc2)c1. The second kappa shape index (κ2) is 10.2. The molecule has 2 aromatic rings. The molecule has 8 heteroatoms. The van der Waals surface area contributed by atoms with E-state index >= 15 is 0 Å². The molecule has 0 saturated carbocycles. The molecule has 1 N–H and O–H groups in total. The summed E-state index contributed by atoms with van der Waals surface area (Å²) in [4.78, 5) is 14.5. The van der Waals surface area contributed by atoms with Crippen molar-refractivity contribution in [2.45, 2.75) is 32.2 Å². The molecule has 0 saturated heterocycles. The fraction of sp³-hybridized carbons (Fsp3) is 0.381. The van der Waals surface area contributed by atoms with Crippen molar-refractivity contribution >= 4 is 33.2 Å². The highest BCUT2D eigenvalue weighted by molar-refractivity contribution is 7.89. The van der Waals surface area contributed by atoms with Crippen LogP contribution in [0.25, 0.3) is 0 Å². The van der Waals surface area contributed by atoms with Crippen molar-refractivity contribution in [1.82, 2.24) is 9.21 Å². The highest BCUT2D eigenvalue weighted by Crippen LogP contribution is 2.23. The van der Waals surface area contributed by atoms with Crippen LogP contribution in [0.2, 0.25) is 5.02 Å². The van der Waals surface area contributed by atoms with E-state index < -0.39 is 10.0 Å². The number of sulfonamides is 1. The molecule has 0 aliphatic carbocycles. The summed E-state index contributed by atoms with van der Waals surface area (Å²) < 4.78 is 26.9. The number of benzene rings is 2. The molecule has 0 aliphatic rings. The molecular weight excluding hydrogens is 410 g/mol. The number of halogens is 1. The first-order valence-electron chi connectivity index (χ1n) is 9.51. The van der Waals surface area contributed by atoms with Crippen LogP contribution in [-0.4, -0.2) is 50.2 Å². The average Bonchev–Trinajstić information content (AvgIpc) is 2.66. The predicted octanol–water partition coefficient (Wildman–Crippen LogP) is 3.75. The maximum Gasteiger partial charge on any atom is 0.243 e. The van der Waals surface area contributed by atoms with Crippen LogP contribution in [-0.2, 0) is 21.4 Å². The number of anilines is 1. The van der Waals surface area contributed by atoms with E-state index in [0.29, 0.717) is 30.3 Å². The Bertz CT molecular complexity index is 942. The third-order valence-corrected chi connectivity index (χ3v) is 6.90. The van der Waals surface area contributed by atoms with Gasteiger partial charge in [0.1, 0.15) is 0 Å². The zero-order valence-electron chi connectivity index (χ0n) is 17.3. The Labute approximate surface area is 178 Å². The zero-order chi connectivity index (χ0) is 21.6. The normalized spacial score (nSPS) is 11.8. The van der Waals surface area contributed by atoms with E-state index in [1.54, 1.807) is 26.0 Å². The van der Waals surface area contributed by atoms with Gasteiger partial charge < -0.3 is 5.32 Å². The molecule has 6 nitrogen and oxygen atoms in total. The minimum absolute atomic E-state index is 0.176. The van der Waals surface area contributed by atoms with E-state index in [4.69, 9.17) is 11.6 Å². The number of nitrogens with zero attached hydrogens (tertiary/aromatic N) is 2. The van der Waals surface area contributed by atoms with Crippen LogP contribution in [0, 0.1) is 6.92 Å².